The number of esters is 1. The Balaban J connectivity index is 1.10. The van der Waals surface area contributed by atoms with Crippen LogP contribution in [0.3, 0.4) is 0 Å². The minimum Gasteiger partial charge on any atom is -0.467 e. The molecule has 0 radical (unpaired) electrons. The first kappa shape index (κ1) is 34.8. The Hall–Kier alpha value is -5.01. The maximum absolute atomic E-state index is 12.8. The zero-order valence-corrected chi connectivity index (χ0v) is 28.3. The van der Waals surface area contributed by atoms with E-state index in [0.717, 1.165) is 44.1 Å². The smallest absolute Gasteiger partial charge is 0.328 e. The number of aliphatic hydroxyl groups excluding tert-OH is 1. The molecule has 0 saturated carbocycles. The Morgan fingerprint density at radius 1 is 0.920 bits per heavy atom. The molecule has 1 aliphatic heterocycles. The van der Waals surface area contributed by atoms with Crippen LogP contribution in [0.25, 0.3) is 11.1 Å². The van der Waals surface area contributed by atoms with Gasteiger partial charge in [-0.3, -0.25) is 5.10 Å². The highest BCUT2D eigenvalue weighted by molar-refractivity contribution is 7.99. The van der Waals surface area contributed by atoms with Crippen molar-refractivity contribution < 1.29 is 28.9 Å². The molecule has 0 bridgehead atoms. The number of thioether (sulfide) groups is 1. The summed E-state index contributed by atoms with van der Waals surface area (Å²) in [5, 5.41) is 22.6. The second-order valence-electron chi connectivity index (χ2n) is 11.9. The number of aromatic amines is 1. The number of ether oxygens (including phenoxy) is 3. The van der Waals surface area contributed by atoms with Crippen molar-refractivity contribution in [2.75, 3.05) is 12.9 Å². The molecule has 258 valence electrons. The van der Waals surface area contributed by atoms with Gasteiger partial charge in [-0.25, -0.2) is 14.6 Å². The van der Waals surface area contributed by atoms with E-state index in [2.05, 4.69) is 25.8 Å². The summed E-state index contributed by atoms with van der Waals surface area (Å²) < 4.78 is 17.9. The summed E-state index contributed by atoms with van der Waals surface area (Å²) >= 11 is 1.55. The molecule has 6 rings (SSSR count). The van der Waals surface area contributed by atoms with Gasteiger partial charge in [-0.15, -0.1) is 0 Å². The number of amides is 2. The van der Waals surface area contributed by atoms with Gasteiger partial charge in [0, 0.05) is 30.7 Å². The zero-order chi connectivity index (χ0) is 34.7. The van der Waals surface area contributed by atoms with Crippen LogP contribution >= 0.6 is 11.8 Å². The second kappa shape index (κ2) is 17.1. The highest BCUT2D eigenvalue weighted by atomic mass is 32.2. The number of nitrogens with one attached hydrogen (secondary N) is 3. The van der Waals surface area contributed by atoms with Crippen LogP contribution in [0.1, 0.15) is 46.6 Å². The fourth-order valence-corrected chi connectivity index (χ4v) is 6.53. The molecule has 4 N–H and O–H groups in total. The van der Waals surface area contributed by atoms with Crippen molar-refractivity contribution in [2.24, 2.45) is 0 Å². The van der Waals surface area contributed by atoms with E-state index in [1.54, 1.807) is 11.8 Å². The number of methoxy groups -OCH3 is 1. The van der Waals surface area contributed by atoms with Gasteiger partial charge in [-0.1, -0.05) is 109 Å². The molecule has 4 aromatic carbocycles. The molecule has 2 heterocycles. The number of nitrogens with zero attached hydrogens (tertiary/aromatic N) is 2. The van der Waals surface area contributed by atoms with Crippen LogP contribution in [-0.2, 0) is 38.6 Å². The average molecular weight is 694 g/mol. The van der Waals surface area contributed by atoms with Crippen molar-refractivity contribution in [1.29, 1.82) is 0 Å². The standard InChI is InChI=1S/C38H39N5O6S/c1-47-35(45)33(19-25-6-3-2-4-7-25)42-37(46)39-21-27-8-5-9-31(18-27)28-14-16-30(17-15-28)36-48-32(23-50-38-40-24-41-43-38)20-34(49-36)29-12-10-26(22-44)11-13-29/h2-18,24,32-34,36,44H,19-23H2,1H3,(H2,39,42,46)(H,40,41,43). The van der Waals surface area contributed by atoms with Crippen molar-refractivity contribution in [3.05, 3.63) is 137 Å². The minimum atomic E-state index is -0.811. The number of H-pyrrole nitrogens is 1. The molecule has 5 aromatic rings. The fourth-order valence-electron chi connectivity index (χ4n) is 5.73. The van der Waals surface area contributed by atoms with E-state index in [1.807, 2.05) is 103 Å². The predicted octanol–water partition coefficient (Wildman–Crippen LogP) is 5.89. The molecule has 2 amide bonds. The molecule has 1 aliphatic rings. The van der Waals surface area contributed by atoms with Gasteiger partial charge in [0.05, 0.1) is 25.9 Å². The number of benzene rings is 4. The minimum absolute atomic E-state index is 0.0122. The van der Waals surface area contributed by atoms with Crippen LogP contribution in [0.15, 0.2) is 115 Å². The van der Waals surface area contributed by atoms with Gasteiger partial charge in [0.2, 0.25) is 0 Å². The molecule has 0 spiro atoms. The number of urea groups is 1. The number of aliphatic hydroxyl groups is 1. The third-order valence-electron chi connectivity index (χ3n) is 8.38. The second-order valence-corrected chi connectivity index (χ2v) is 12.9. The highest BCUT2D eigenvalue weighted by Gasteiger charge is 2.32. The SMILES string of the molecule is COC(=O)C(Cc1ccccc1)NC(=O)NCc1cccc(-c2ccc(C3OC(CSc4ncn[nH]4)CC(c4ccc(CO)cc4)O3)cc2)c1. The van der Waals surface area contributed by atoms with Crippen LogP contribution in [0.5, 0.6) is 0 Å². The van der Waals surface area contributed by atoms with E-state index in [-0.39, 0.29) is 25.4 Å². The van der Waals surface area contributed by atoms with E-state index in [4.69, 9.17) is 14.2 Å². The molecule has 1 aromatic heterocycles. The lowest BCUT2D eigenvalue weighted by Gasteiger charge is -2.36. The van der Waals surface area contributed by atoms with Crippen LogP contribution in [0, 0.1) is 0 Å². The molecule has 4 unspecified atom stereocenters. The largest absolute Gasteiger partial charge is 0.467 e. The summed E-state index contributed by atoms with van der Waals surface area (Å²) in [4.78, 5) is 29.3. The number of hydrogen-bond donors (Lipinski definition) is 4. The number of carbonyl (C=O) groups is 2. The van der Waals surface area contributed by atoms with Gasteiger partial charge >= 0.3 is 12.0 Å². The van der Waals surface area contributed by atoms with Crippen molar-refractivity contribution in [3.8, 4) is 11.1 Å². The molecule has 1 saturated heterocycles. The maximum atomic E-state index is 12.8. The summed E-state index contributed by atoms with van der Waals surface area (Å²) in [5.74, 6) is 0.166. The van der Waals surface area contributed by atoms with E-state index in [1.165, 1.54) is 13.4 Å². The third kappa shape index (κ3) is 9.36. The average Bonchev–Trinajstić information content (AvgIpc) is 3.70. The van der Waals surface area contributed by atoms with Crippen molar-refractivity contribution in [3.63, 3.8) is 0 Å². The van der Waals surface area contributed by atoms with E-state index < -0.39 is 24.3 Å². The third-order valence-corrected chi connectivity index (χ3v) is 9.39. The van der Waals surface area contributed by atoms with Gasteiger partial charge in [0.1, 0.15) is 12.4 Å². The summed E-state index contributed by atoms with van der Waals surface area (Å²) in [6.07, 6.45) is 1.61. The molecular weight excluding hydrogens is 655 g/mol. The van der Waals surface area contributed by atoms with Crippen LogP contribution in [0.2, 0.25) is 0 Å². The van der Waals surface area contributed by atoms with Crippen LogP contribution < -0.4 is 10.6 Å². The van der Waals surface area contributed by atoms with E-state index in [0.29, 0.717) is 18.6 Å². The quantitative estimate of drug-likeness (QED) is 0.0876. The van der Waals surface area contributed by atoms with Gasteiger partial charge in [0.15, 0.2) is 11.4 Å². The number of hydrogen-bond acceptors (Lipinski definition) is 9. The molecule has 1 fully saturated rings. The van der Waals surface area contributed by atoms with Crippen molar-refractivity contribution >= 4 is 23.8 Å². The molecule has 0 aliphatic carbocycles. The lowest BCUT2D eigenvalue weighted by atomic mass is 9.99. The van der Waals surface area contributed by atoms with Crippen LogP contribution in [-0.4, -0.2) is 57.3 Å². The van der Waals surface area contributed by atoms with Gasteiger partial charge in [-0.2, -0.15) is 5.10 Å². The summed E-state index contributed by atoms with van der Waals surface area (Å²) in [7, 11) is 1.31. The topological polar surface area (TPSA) is 148 Å². The fraction of sp³-hybridized carbons (Fsp3) is 0.263. The van der Waals surface area contributed by atoms with Gasteiger partial charge < -0.3 is 30.0 Å². The van der Waals surface area contributed by atoms with Crippen molar-refractivity contribution in [1.82, 2.24) is 25.8 Å². The summed E-state index contributed by atoms with van der Waals surface area (Å²) in [6, 6.07) is 32.0. The Labute approximate surface area is 294 Å². The normalized spacial score (nSPS) is 17.8. The highest BCUT2D eigenvalue weighted by Crippen LogP contribution is 2.39. The number of carbonyl (C=O) groups excluding carboxylic acids is 2. The molecule has 50 heavy (non-hydrogen) atoms. The van der Waals surface area contributed by atoms with Gasteiger partial charge in [0.25, 0.3) is 0 Å². The molecule has 12 heteroatoms. The zero-order valence-electron chi connectivity index (χ0n) is 27.5. The van der Waals surface area contributed by atoms with E-state index in [9.17, 15) is 14.7 Å². The van der Waals surface area contributed by atoms with Crippen molar-refractivity contribution in [2.45, 2.75) is 55.7 Å². The number of aromatic nitrogens is 3. The Morgan fingerprint density at radius 2 is 1.68 bits per heavy atom. The Morgan fingerprint density at radius 3 is 2.40 bits per heavy atom. The first-order valence-corrected chi connectivity index (χ1v) is 17.3. The lowest BCUT2D eigenvalue weighted by Crippen LogP contribution is -2.47. The summed E-state index contributed by atoms with van der Waals surface area (Å²) in [6.45, 7) is 0.261. The monoisotopic (exact) mass is 693 g/mol. The first-order chi connectivity index (χ1) is 24.5. The Bertz CT molecular complexity index is 1820. The molecule has 4 atom stereocenters. The first-order valence-electron chi connectivity index (χ1n) is 16.3. The Kier molecular flexibility index (Phi) is 11.9. The number of rotatable bonds is 13. The predicted molar refractivity (Wildman–Crippen MR) is 189 cm³/mol. The maximum Gasteiger partial charge on any atom is 0.328 e. The van der Waals surface area contributed by atoms with Gasteiger partial charge in [-0.05, 0) is 39.4 Å². The summed E-state index contributed by atoms with van der Waals surface area (Å²) in [5.41, 5.74) is 6.57. The molecular formula is C38H39N5O6S. The lowest BCUT2D eigenvalue weighted by molar-refractivity contribution is -0.245. The van der Waals surface area contributed by atoms with Crippen LogP contribution in [0.4, 0.5) is 4.79 Å². The van der Waals surface area contributed by atoms with E-state index >= 15 is 0 Å². The molecule has 11 nitrogen and oxygen atoms in total.